The number of aryl methyl sites for hydroxylation is 2. The molecule has 2 rings (SSSR count). The Morgan fingerprint density at radius 2 is 2.09 bits per heavy atom. The predicted molar refractivity (Wildman–Crippen MR) is 91.6 cm³/mol. The van der Waals surface area contributed by atoms with Gasteiger partial charge in [0, 0.05) is 45.8 Å². The first-order valence-electron chi connectivity index (χ1n) is 8.57. The van der Waals surface area contributed by atoms with E-state index < -0.39 is 0 Å². The van der Waals surface area contributed by atoms with Crippen LogP contribution >= 0.6 is 0 Å². The molecule has 0 radical (unpaired) electrons. The molecule has 6 nitrogen and oxygen atoms in total. The molecule has 0 amide bonds. The quantitative estimate of drug-likeness (QED) is 0.539. The van der Waals surface area contributed by atoms with Gasteiger partial charge in [-0.05, 0) is 31.1 Å². The Bertz CT molecular complexity index is 499. The highest BCUT2D eigenvalue weighted by molar-refractivity contribution is 5.79. The normalized spacial score (nSPS) is 16.4. The van der Waals surface area contributed by atoms with Gasteiger partial charge < -0.3 is 19.9 Å². The van der Waals surface area contributed by atoms with Crippen LogP contribution in [0.4, 0.5) is 0 Å². The molecule has 0 unspecified atom stereocenters. The van der Waals surface area contributed by atoms with Crippen molar-refractivity contribution in [2.75, 3.05) is 27.3 Å². The van der Waals surface area contributed by atoms with E-state index in [1.54, 1.807) is 14.2 Å². The number of nitrogens with one attached hydrogen (secondary N) is 2. The van der Waals surface area contributed by atoms with E-state index in [2.05, 4.69) is 34.6 Å². The molecule has 1 fully saturated rings. The van der Waals surface area contributed by atoms with Gasteiger partial charge in [0.15, 0.2) is 5.96 Å². The van der Waals surface area contributed by atoms with E-state index >= 15 is 0 Å². The number of hydrogen-bond donors (Lipinski definition) is 2. The summed E-state index contributed by atoms with van der Waals surface area (Å²) in [7, 11) is 3.57. The lowest BCUT2D eigenvalue weighted by molar-refractivity contribution is 0.172. The summed E-state index contributed by atoms with van der Waals surface area (Å²) in [6.45, 7) is 6.65. The van der Waals surface area contributed by atoms with Gasteiger partial charge in [-0.3, -0.25) is 4.99 Å². The maximum absolute atomic E-state index is 5.41. The number of aromatic nitrogens is 1. The molecule has 1 aromatic rings. The first-order valence-corrected chi connectivity index (χ1v) is 8.57. The number of methoxy groups -OCH3 is 1. The number of hydrogen-bond acceptors (Lipinski definition) is 4. The molecule has 1 aromatic heterocycles. The van der Waals surface area contributed by atoms with E-state index in [9.17, 15) is 0 Å². The third-order valence-electron chi connectivity index (χ3n) is 4.69. The largest absolute Gasteiger partial charge is 0.385 e. The summed E-state index contributed by atoms with van der Waals surface area (Å²) < 4.78 is 10.6. The molecule has 23 heavy (non-hydrogen) atoms. The van der Waals surface area contributed by atoms with Crippen LogP contribution in [0.25, 0.3) is 0 Å². The lowest BCUT2D eigenvalue weighted by atomic mass is 10.0. The van der Waals surface area contributed by atoms with Gasteiger partial charge in [-0.1, -0.05) is 19.0 Å². The molecule has 1 aliphatic rings. The highest BCUT2D eigenvalue weighted by atomic mass is 16.5. The summed E-state index contributed by atoms with van der Waals surface area (Å²) in [5.74, 6) is 1.79. The van der Waals surface area contributed by atoms with Crippen LogP contribution in [0.15, 0.2) is 9.52 Å². The zero-order valence-corrected chi connectivity index (χ0v) is 14.9. The van der Waals surface area contributed by atoms with E-state index in [0.29, 0.717) is 12.0 Å². The molecule has 1 heterocycles. The summed E-state index contributed by atoms with van der Waals surface area (Å²) in [4.78, 5) is 4.32. The number of rotatable bonds is 9. The van der Waals surface area contributed by atoms with Crippen LogP contribution in [0.1, 0.15) is 50.1 Å². The third-order valence-corrected chi connectivity index (χ3v) is 4.69. The second-order valence-electron chi connectivity index (χ2n) is 6.26. The smallest absolute Gasteiger partial charge is 0.191 e. The lowest BCUT2D eigenvalue weighted by Crippen LogP contribution is -2.40. The van der Waals surface area contributed by atoms with Gasteiger partial charge in [-0.25, -0.2) is 0 Å². The summed E-state index contributed by atoms with van der Waals surface area (Å²) in [5, 5.41) is 11.0. The Morgan fingerprint density at radius 3 is 2.65 bits per heavy atom. The van der Waals surface area contributed by atoms with Crippen molar-refractivity contribution in [1.82, 2.24) is 15.8 Å². The van der Waals surface area contributed by atoms with E-state index in [1.807, 2.05) is 0 Å². The van der Waals surface area contributed by atoms with Gasteiger partial charge in [0.25, 0.3) is 0 Å². The predicted octanol–water partition coefficient (Wildman–Crippen LogP) is 2.28. The molecule has 0 atom stereocenters. The van der Waals surface area contributed by atoms with Gasteiger partial charge in [0.05, 0.1) is 5.69 Å². The van der Waals surface area contributed by atoms with E-state index in [-0.39, 0.29) is 0 Å². The van der Waals surface area contributed by atoms with Gasteiger partial charge in [0.1, 0.15) is 5.76 Å². The summed E-state index contributed by atoms with van der Waals surface area (Å²) in [6.07, 6.45) is 5.39. The first kappa shape index (κ1) is 17.8. The molecule has 6 heteroatoms. The molecule has 0 bridgehead atoms. The minimum atomic E-state index is 0.397. The SMILES string of the molecule is CCc1noc(CC)c1CNC(=NC)NCC1(CCOC)CC1. The average Bonchev–Trinajstić information content (AvgIpc) is 3.24. The lowest BCUT2D eigenvalue weighted by Gasteiger charge is -2.18. The van der Waals surface area contributed by atoms with Crippen molar-refractivity contribution in [3.8, 4) is 0 Å². The first-order chi connectivity index (χ1) is 11.2. The maximum Gasteiger partial charge on any atom is 0.191 e. The number of aliphatic imine (C=N–C) groups is 1. The Hall–Kier alpha value is -1.56. The Morgan fingerprint density at radius 1 is 1.30 bits per heavy atom. The zero-order valence-electron chi connectivity index (χ0n) is 14.9. The zero-order chi connectivity index (χ0) is 16.7. The van der Waals surface area contributed by atoms with Gasteiger partial charge in [-0.15, -0.1) is 0 Å². The van der Waals surface area contributed by atoms with Crippen LogP contribution in [0, 0.1) is 5.41 Å². The number of nitrogens with zero attached hydrogens (tertiary/aromatic N) is 2. The third kappa shape index (κ3) is 4.70. The summed E-state index contributed by atoms with van der Waals surface area (Å²) in [6, 6.07) is 0. The fraction of sp³-hybridized carbons (Fsp3) is 0.765. The van der Waals surface area contributed by atoms with Crippen LogP contribution < -0.4 is 10.6 Å². The standard InChI is InChI=1S/C17H30N4O2/c1-5-14-13(15(6-2)23-21-14)11-19-16(18-3)20-12-17(7-8-17)9-10-22-4/h5-12H2,1-4H3,(H2,18,19,20). The Balaban J connectivity index is 1.85. The second kappa shape index (κ2) is 8.34. The van der Waals surface area contributed by atoms with E-state index in [4.69, 9.17) is 9.26 Å². The molecule has 0 aromatic carbocycles. The topological polar surface area (TPSA) is 71.7 Å². The van der Waals surface area contributed by atoms with Crippen LogP contribution in [0.2, 0.25) is 0 Å². The van der Waals surface area contributed by atoms with Crippen molar-refractivity contribution in [2.24, 2.45) is 10.4 Å². The Kier molecular flexibility index (Phi) is 6.45. The minimum absolute atomic E-state index is 0.397. The average molecular weight is 322 g/mol. The minimum Gasteiger partial charge on any atom is -0.385 e. The molecular formula is C17H30N4O2. The van der Waals surface area contributed by atoms with Crippen molar-refractivity contribution in [3.63, 3.8) is 0 Å². The monoisotopic (exact) mass is 322 g/mol. The van der Waals surface area contributed by atoms with Crippen LogP contribution in [0.3, 0.4) is 0 Å². The number of guanidine groups is 1. The van der Waals surface area contributed by atoms with Crippen molar-refractivity contribution in [1.29, 1.82) is 0 Å². The molecule has 1 aliphatic carbocycles. The molecular weight excluding hydrogens is 292 g/mol. The van der Waals surface area contributed by atoms with Gasteiger partial charge in [0.2, 0.25) is 0 Å². The summed E-state index contributed by atoms with van der Waals surface area (Å²) >= 11 is 0. The Labute approximate surface area is 139 Å². The maximum atomic E-state index is 5.41. The molecule has 130 valence electrons. The van der Waals surface area contributed by atoms with Crippen molar-refractivity contribution in [3.05, 3.63) is 17.0 Å². The van der Waals surface area contributed by atoms with Crippen molar-refractivity contribution in [2.45, 2.75) is 52.5 Å². The van der Waals surface area contributed by atoms with Gasteiger partial charge in [-0.2, -0.15) is 0 Å². The molecule has 0 aliphatic heterocycles. The number of ether oxygens (including phenoxy) is 1. The van der Waals surface area contributed by atoms with Crippen molar-refractivity contribution >= 4 is 5.96 Å². The summed E-state index contributed by atoms with van der Waals surface area (Å²) in [5.41, 5.74) is 2.59. The molecule has 1 saturated carbocycles. The molecule has 0 spiro atoms. The second-order valence-corrected chi connectivity index (χ2v) is 6.26. The molecule has 2 N–H and O–H groups in total. The van der Waals surface area contributed by atoms with E-state index in [0.717, 1.165) is 49.8 Å². The van der Waals surface area contributed by atoms with Crippen LogP contribution in [0.5, 0.6) is 0 Å². The van der Waals surface area contributed by atoms with Crippen molar-refractivity contribution < 1.29 is 9.26 Å². The highest BCUT2D eigenvalue weighted by Crippen LogP contribution is 2.48. The highest BCUT2D eigenvalue weighted by Gasteiger charge is 2.41. The van der Waals surface area contributed by atoms with Crippen LogP contribution in [-0.2, 0) is 24.1 Å². The fourth-order valence-corrected chi connectivity index (χ4v) is 2.81. The fourth-order valence-electron chi connectivity index (χ4n) is 2.81. The molecule has 0 saturated heterocycles. The van der Waals surface area contributed by atoms with Gasteiger partial charge >= 0.3 is 0 Å². The van der Waals surface area contributed by atoms with E-state index in [1.165, 1.54) is 18.4 Å². The van der Waals surface area contributed by atoms with Crippen LogP contribution in [-0.4, -0.2) is 38.4 Å².